The van der Waals surface area contributed by atoms with Crippen LogP contribution in [0.5, 0.6) is 0 Å². The van der Waals surface area contributed by atoms with Gasteiger partial charge < -0.3 is 5.73 Å². The van der Waals surface area contributed by atoms with Crippen LogP contribution in [-0.4, -0.2) is 10.2 Å². The second-order valence-electron chi connectivity index (χ2n) is 3.92. The van der Waals surface area contributed by atoms with Gasteiger partial charge in [0.25, 0.3) is 0 Å². The van der Waals surface area contributed by atoms with E-state index in [0.717, 1.165) is 12.8 Å². The Morgan fingerprint density at radius 1 is 1.20 bits per heavy atom. The van der Waals surface area contributed by atoms with Gasteiger partial charge in [0.2, 0.25) is 0 Å². The van der Waals surface area contributed by atoms with Gasteiger partial charge in [-0.3, -0.25) is 5.10 Å². The summed E-state index contributed by atoms with van der Waals surface area (Å²) in [4.78, 5) is 0. The Morgan fingerprint density at radius 2 is 1.87 bits per heavy atom. The quantitative estimate of drug-likeness (QED) is 0.684. The number of aromatic nitrogens is 2. The van der Waals surface area contributed by atoms with E-state index in [-0.39, 0.29) is 11.6 Å². The van der Waals surface area contributed by atoms with E-state index >= 15 is 0 Å². The molecule has 0 spiro atoms. The van der Waals surface area contributed by atoms with Gasteiger partial charge in [-0.15, -0.1) is 0 Å². The monoisotopic (exact) mass is 213 g/mol. The van der Waals surface area contributed by atoms with Crippen LogP contribution < -0.4 is 5.73 Å². The maximum atomic E-state index is 13.2. The number of hydrogen-bond donors (Lipinski definition) is 2. The molecule has 1 aromatic rings. The number of unbranched alkanes of at least 4 members (excludes halogenated alkanes) is 5. The Bertz CT molecular complexity index is 283. The predicted molar refractivity (Wildman–Crippen MR) is 60.0 cm³/mol. The lowest BCUT2D eigenvalue weighted by Crippen LogP contribution is -1.91. The van der Waals surface area contributed by atoms with Crippen LogP contribution in [0, 0.1) is 5.82 Å². The Kier molecular flexibility index (Phi) is 5.15. The van der Waals surface area contributed by atoms with Crippen molar-refractivity contribution in [1.82, 2.24) is 10.2 Å². The summed E-state index contributed by atoms with van der Waals surface area (Å²) in [5.41, 5.74) is 5.84. The first-order valence-corrected chi connectivity index (χ1v) is 5.74. The van der Waals surface area contributed by atoms with Gasteiger partial charge in [-0.1, -0.05) is 39.0 Å². The second-order valence-corrected chi connectivity index (χ2v) is 3.92. The Morgan fingerprint density at radius 3 is 2.47 bits per heavy atom. The highest BCUT2D eigenvalue weighted by atomic mass is 19.1. The second kappa shape index (κ2) is 6.43. The number of hydrogen-bond acceptors (Lipinski definition) is 2. The van der Waals surface area contributed by atoms with E-state index < -0.39 is 0 Å². The first-order chi connectivity index (χ1) is 7.25. The SMILES string of the molecule is CCCCCCCCc1[nH]nc(N)c1F. The summed E-state index contributed by atoms with van der Waals surface area (Å²) < 4.78 is 13.2. The minimum absolute atomic E-state index is 0.0176. The lowest BCUT2D eigenvalue weighted by Gasteiger charge is -1.99. The van der Waals surface area contributed by atoms with E-state index in [1.807, 2.05) is 0 Å². The molecule has 0 aliphatic heterocycles. The van der Waals surface area contributed by atoms with Crippen molar-refractivity contribution in [2.75, 3.05) is 5.73 Å². The van der Waals surface area contributed by atoms with E-state index in [2.05, 4.69) is 17.1 Å². The first kappa shape index (κ1) is 12.0. The summed E-state index contributed by atoms with van der Waals surface area (Å²) in [5.74, 6) is -0.389. The summed E-state index contributed by atoms with van der Waals surface area (Å²) in [6.07, 6.45) is 7.93. The van der Waals surface area contributed by atoms with Gasteiger partial charge in [-0.05, 0) is 12.8 Å². The molecule has 0 amide bonds. The van der Waals surface area contributed by atoms with Crippen LogP contribution in [0.15, 0.2) is 0 Å². The molecule has 4 heteroatoms. The van der Waals surface area contributed by atoms with Crippen molar-refractivity contribution in [3.8, 4) is 0 Å². The van der Waals surface area contributed by atoms with E-state index in [1.54, 1.807) is 0 Å². The molecule has 86 valence electrons. The Hall–Kier alpha value is -1.06. The number of anilines is 1. The molecule has 0 aliphatic carbocycles. The maximum Gasteiger partial charge on any atom is 0.187 e. The summed E-state index contributed by atoms with van der Waals surface area (Å²) in [6, 6.07) is 0. The highest BCUT2D eigenvalue weighted by Gasteiger charge is 2.08. The van der Waals surface area contributed by atoms with Crippen molar-refractivity contribution in [2.45, 2.75) is 51.9 Å². The molecule has 0 atom stereocenters. The molecule has 0 radical (unpaired) electrons. The van der Waals surface area contributed by atoms with Crippen molar-refractivity contribution in [3.63, 3.8) is 0 Å². The summed E-state index contributed by atoms with van der Waals surface area (Å²) >= 11 is 0. The maximum absolute atomic E-state index is 13.2. The molecule has 1 rings (SSSR count). The molecule has 3 nitrogen and oxygen atoms in total. The van der Waals surface area contributed by atoms with Gasteiger partial charge in [0.05, 0.1) is 5.69 Å². The van der Waals surface area contributed by atoms with E-state index in [4.69, 9.17) is 5.73 Å². The summed E-state index contributed by atoms with van der Waals surface area (Å²) in [7, 11) is 0. The molecule has 0 bridgehead atoms. The molecule has 1 aromatic heterocycles. The lowest BCUT2D eigenvalue weighted by atomic mass is 10.1. The molecule has 1 heterocycles. The predicted octanol–water partition coefficient (Wildman–Crippen LogP) is 3.03. The number of aromatic amines is 1. The molecule has 0 aliphatic rings. The van der Waals surface area contributed by atoms with Gasteiger partial charge in [-0.25, -0.2) is 4.39 Å². The minimum atomic E-state index is -0.372. The van der Waals surface area contributed by atoms with Crippen LogP contribution in [0.3, 0.4) is 0 Å². The van der Waals surface area contributed by atoms with E-state index in [0.29, 0.717) is 12.1 Å². The van der Waals surface area contributed by atoms with Gasteiger partial charge in [-0.2, -0.15) is 5.10 Å². The van der Waals surface area contributed by atoms with Crippen molar-refractivity contribution >= 4 is 5.82 Å². The van der Waals surface area contributed by atoms with Crippen molar-refractivity contribution in [2.24, 2.45) is 0 Å². The zero-order valence-electron chi connectivity index (χ0n) is 9.35. The fraction of sp³-hybridized carbons (Fsp3) is 0.727. The molecule has 3 N–H and O–H groups in total. The number of nitrogen functional groups attached to an aromatic ring is 1. The minimum Gasteiger partial charge on any atom is -0.380 e. The van der Waals surface area contributed by atoms with Gasteiger partial charge in [0.15, 0.2) is 11.6 Å². The molecular weight excluding hydrogens is 193 g/mol. The normalized spacial score (nSPS) is 10.8. The zero-order chi connectivity index (χ0) is 11.1. The summed E-state index contributed by atoms with van der Waals surface area (Å²) in [5, 5.41) is 6.25. The fourth-order valence-electron chi connectivity index (χ4n) is 1.63. The average Bonchev–Trinajstić information content (AvgIpc) is 2.54. The van der Waals surface area contributed by atoms with Crippen LogP contribution in [0.2, 0.25) is 0 Å². The summed E-state index contributed by atoms with van der Waals surface area (Å²) in [6.45, 7) is 2.20. The van der Waals surface area contributed by atoms with Crippen molar-refractivity contribution < 1.29 is 4.39 Å². The Labute approximate surface area is 90.3 Å². The van der Waals surface area contributed by atoms with Crippen molar-refractivity contribution in [1.29, 1.82) is 0 Å². The molecule has 0 saturated heterocycles. The van der Waals surface area contributed by atoms with Crippen LogP contribution in [0.1, 0.15) is 51.1 Å². The number of nitrogens with zero attached hydrogens (tertiary/aromatic N) is 1. The van der Waals surface area contributed by atoms with E-state index in [9.17, 15) is 4.39 Å². The third-order valence-electron chi connectivity index (χ3n) is 2.58. The van der Waals surface area contributed by atoms with Crippen molar-refractivity contribution in [3.05, 3.63) is 11.5 Å². The third-order valence-corrected chi connectivity index (χ3v) is 2.58. The smallest absolute Gasteiger partial charge is 0.187 e. The molecule has 0 fully saturated rings. The van der Waals surface area contributed by atoms with Crippen LogP contribution in [0.25, 0.3) is 0 Å². The zero-order valence-corrected chi connectivity index (χ0v) is 9.35. The first-order valence-electron chi connectivity index (χ1n) is 5.74. The lowest BCUT2D eigenvalue weighted by molar-refractivity contribution is 0.579. The standard InChI is InChI=1S/C11H20FN3/c1-2-3-4-5-6-7-8-9-10(12)11(13)15-14-9/h2-8H2,1H3,(H3,13,14,15). The highest BCUT2D eigenvalue weighted by Crippen LogP contribution is 2.14. The highest BCUT2D eigenvalue weighted by molar-refractivity contribution is 5.31. The Balaban J connectivity index is 2.12. The van der Waals surface area contributed by atoms with E-state index in [1.165, 1.54) is 25.7 Å². The van der Waals surface area contributed by atoms with Gasteiger partial charge >= 0.3 is 0 Å². The van der Waals surface area contributed by atoms with Crippen LogP contribution >= 0.6 is 0 Å². The molecule has 15 heavy (non-hydrogen) atoms. The fourth-order valence-corrected chi connectivity index (χ4v) is 1.63. The molecular formula is C11H20FN3. The number of nitrogens with one attached hydrogen (secondary N) is 1. The molecule has 0 aromatic carbocycles. The van der Waals surface area contributed by atoms with Crippen LogP contribution in [0.4, 0.5) is 10.2 Å². The number of aryl methyl sites for hydroxylation is 1. The van der Waals surface area contributed by atoms with Crippen LogP contribution in [-0.2, 0) is 6.42 Å². The van der Waals surface area contributed by atoms with Gasteiger partial charge in [0.1, 0.15) is 0 Å². The number of rotatable bonds is 7. The average molecular weight is 213 g/mol. The van der Waals surface area contributed by atoms with Gasteiger partial charge in [0, 0.05) is 0 Å². The largest absolute Gasteiger partial charge is 0.380 e. The number of nitrogens with two attached hydrogens (primary N) is 1. The third kappa shape index (κ3) is 3.90. The number of H-pyrrole nitrogens is 1. The topological polar surface area (TPSA) is 54.7 Å². The number of halogens is 1. The molecule has 0 saturated carbocycles. The molecule has 0 unspecified atom stereocenters.